The number of nitrogens with one attached hydrogen (secondary N) is 2. The van der Waals surface area contributed by atoms with Crippen LogP contribution < -0.4 is 19.5 Å². The molecular weight excluding hydrogens is 437 g/mol. The molecule has 3 aromatic rings. The van der Waals surface area contributed by atoms with Gasteiger partial charge >= 0.3 is 0 Å². The van der Waals surface area contributed by atoms with Gasteiger partial charge < -0.3 is 14.8 Å². The van der Waals surface area contributed by atoms with E-state index in [1.54, 1.807) is 24.3 Å². The molecule has 0 radical (unpaired) electrons. The number of pyridine rings is 1. The third kappa shape index (κ3) is 7.24. The molecular formula is C22H22FN3O5S. The van der Waals surface area contributed by atoms with Gasteiger partial charge in [0.05, 0.1) is 18.0 Å². The molecule has 0 saturated heterocycles. The Bertz CT molecular complexity index is 1150. The number of hydrogen-bond acceptors (Lipinski definition) is 6. The van der Waals surface area contributed by atoms with Gasteiger partial charge in [0.25, 0.3) is 0 Å². The number of hydrogen-bond donors (Lipinski definition) is 2. The van der Waals surface area contributed by atoms with E-state index >= 15 is 0 Å². The highest BCUT2D eigenvalue weighted by atomic mass is 32.2. The molecule has 0 spiro atoms. The molecule has 168 valence electrons. The van der Waals surface area contributed by atoms with E-state index in [9.17, 15) is 17.6 Å². The fourth-order valence-corrected chi connectivity index (χ4v) is 3.58. The van der Waals surface area contributed by atoms with Crippen LogP contribution in [0.3, 0.4) is 0 Å². The quantitative estimate of drug-likeness (QED) is 0.497. The minimum atomic E-state index is -3.92. The molecule has 1 amide bonds. The van der Waals surface area contributed by atoms with Crippen LogP contribution in [0, 0.1) is 5.82 Å². The molecule has 3 rings (SSSR count). The van der Waals surface area contributed by atoms with Crippen molar-refractivity contribution in [1.82, 2.24) is 4.98 Å². The average Bonchev–Trinajstić information content (AvgIpc) is 2.71. The highest BCUT2D eigenvalue weighted by Gasteiger charge is 2.17. The highest BCUT2D eigenvalue weighted by molar-refractivity contribution is 7.93. The Balaban J connectivity index is 1.53. The van der Waals surface area contributed by atoms with E-state index in [1.807, 2.05) is 13.8 Å². The largest absolute Gasteiger partial charge is 0.491 e. The first-order valence-corrected chi connectivity index (χ1v) is 11.3. The van der Waals surface area contributed by atoms with Gasteiger partial charge in [-0.1, -0.05) is 0 Å². The van der Waals surface area contributed by atoms with Gasteiger partial charge in [0.1, 0.15) is 23.1 Å². The Morgan fingerprint density at radius 3 is 2.19 bits per heavy atom. The molecule has 0 aliphatic rings. The molecule has 0 bridgehead atoms. The molecule has 1 aromatic heterocycles. The number of anilines is 2. The second kappa shape index (κ2) is 10.1. The number of benzene rings is 2. The van der Waals surface area contributed by atoms with Crippen LogP contribution in [0.1, 0.15) is 13.8 Å². The van der Waals surface area contributed by atoms with E-state index < -0.39 is 21.7 Å². The number of amides is 1. The molecule has 1 heterocycles. The lowest BCUT2D eigenvalue weighted by Gasteiger charge is -2.11. The maximum atomic E-state index is 12.9. The summed E-state index contributed by atoms with van der Waals surface area (Å²) >= 11 is 0. The van der Waals surface area contributed by atoms with Crippen molar-refractivity contribution in [2.24, 2.45) is 0 Å². The highest BCUT2D eigenvalue weighted by Crippen LogP contribution is 2.21. The van der Waals surface area contributed by atoms with E-state index in [2.05, 4.69) is 15.0 Å². The summed E-state index contributed by atoms with van der Waals surface area (Å²) in [6.45, 7) is 3.77. The topological polar surface area (TPSA) is 107 Å². The fraction of sp³-hybridized carbons (Fsp3) is 0.182. The van der Waals surface area contributed by atoms with Crippen LogP contribution in [0.4, 0.5) is 15.8 Å². The first-order chi connectivity index (χ1) is 15.2. The van der Waals surface area contributed by atoms with Crippen molar-refractivity contribution < 1.29 is 27.1 Å². The number of ether oxygens (including phenoxy) is 2. The van der Waals surface area contributed by atoms with Crippen molar-refractivity contribution in [1.29, 1.82) is 0 Å². The number of halogens is 1. The number of aromatic nitrogens is 1. The Morgan fingerprint density at radius 1 is 0.969 bits per heavy atom. The second-order valence-electron chi connectivity index (χ2n) is 7.04. The monoisotopic (exact) mass is 459 g/mol. The Morgan fingerprint density at radius 2 is 1.59 bits per heavy atom. The van der Waals surface area contributed by atoms with Gasteiger partial charge in [0.2, 0.25) is 21.8 Å². The van der Waals surface area contributed by atoms with Crippen LogP contribution in [-0.2, 0) is 14.8 Å². The molecule has 0 aliphatic heterocycles. The lowest BCUT2D eigenvalue weighted by molar-refractivity contribution is -0.113. The SMILES string of the molecule is CC(C)Oc1ccc(NS(=O)(=O)CC(=O)Nc2ccc(Oc3ccc(F)cc3)nc2)cc1. The minimum absolute atomic E-state index is 0.000678. The first-order valence-electron chi connectivity index (χ1n) is 9.65. The zero-order valence-corrected chi connectivity index (χ0v) is 18.2. The molecule has 10 heteroatoms. The summed E-state index contributed by atoms with van der Waals surface area (Å²) in [6.07, 6.45) is 1.32. The molecule has 0 aliphatic carbocycles. The number of sulfonamides is 1. The van der Waals surface area contributed by atoms with E-state index in [1.165, 1.54) is 42.6 Å². The summed E-state index contributed by atoms with van der Waals surface area (Å²) in [7, 11) is -3.92. The predicted molar refractivity (Wildman–Crippen MR) is 119 cm³/mol. The molecule has 8 nitrogen and oxygen atoms in total. The third-order valence-electron chi connectivity index (χ3n) is 3.88. The summed E-state index contributed by atoms with van der Waals surface area (Å²) in [5.74, 6) is -0.646. The molecule has 0 saturated carbocycles. The summed E-state index contributed by atoms with van der Waals surface area (Å²) in [6, 6.07) is 14.8. The average molecular weight is 459 g/mol. The summed E-state index contributed by atoms with van der Waals surface area (Å²) in [4.78, 5) is 16.2. The van der Waals surface area contributed by atoms with Gasteiger partial charge in [-0.15, -0.1) is 0 Å². The van der Waals surface area contributed by atoms with Crippen LogP contribution in [0.15, 0.2) is 66.9 Å². The normalized spacial score (nSPS) is 11.1. The minimum Gasteiger partial charge on any atom is -0.491 e. The van der Waals surface area contributed by atoms with Crippen molar-refractivity contribution in [3.8, 4) is 17.4 Å². The van der Waals surface area contributed by atoms with E-state index in [0.717, 1.165) is 0 Å². The van der Waals surface area contributed by atoms with Gasteiger partial charge in [-0.2, -0.15) is 0 Å². The van der Waals surface area contributed by atoms with Crippen LogP contribution in [-0.4, -0.2) is 31.2 Å². The van der Waals surface area contributed by atoms with E-state index in [4.69, 9.17) is 9.47 Å². The summed E-state index contributed by atoms with van der Waals surface area (Å²) < 4.78 is 50.8. The Labute approximate surface area is 185 Å². The predicted octanol–water partition coefficient (Wildman–Crippen LogP) is 4.18. The van der Waals surface area contributed by atoms with Crippen LogP contribution >= 0.6 is 0 Å². The van der Waals surface area contributed by atoms with Crippen molar-refractivity contribution in [2.45, 2.75) is 20.0 Å². The maximum Gasteiger partial charge on any atom is 0.241 e. The van der Waals surface area contributed by atoms with Crippen LogP contribution in [0.5, 0.6) is 17.4 Å². The molecule has 32 heavy (non-hydrogen) atoms. The maximum absolute atomic E-state index is 12.9. The molecule has 0 fully saturated rings. The first kappa shape index (κ1) is 23.0. The molecule has 0 unspecified atom stereocenters. The number of nitrogens with zero attached hydrogens (tertiary/aromatic N) is 1. The third-order valence-corrected chi connectivity index (χ3v) is 5.07. The van der Waals surface area contributed by atoms with Crippen LogP contribution in [0.2, 0.25) is 0 Å². The summed E-state index contributed by atoms with van der Waals surface area (Å²) in [5.41, 5.74) is 0.615. The van der Waals surface area contributed by atoms with Crippen molar-refractivity contribution in [2.75, 3.05) is 15.8 Å². The molecule has 2 aromatic carbocycles. The zero-order valence-electron chi connectivity index (χ0n) is 17.4. The van der Waals surface area contributed by atoms with Gasteiger partial charge in [-0.05, 0) is 68.4 Å². The van der Waals surface area contributed by atoms with Crippen molar-refractivity contribution in [3.63, 3.8) is 0 Å². The second-order valence-corrected chi connectivity index (χ2v) is 8.76. The number of rotatable bonds is 9. The summed E-state index contributed by atoms with van der Waals surface area (Å²) in [5, 5.41) is 2.47. The lowest BCUT2D eigenvalue weighted by atomic mass is 10.3. The number of carbonyl (C=O) groups excluding carboxylic acids is 1. The fourth-order valence-electron chi connectivity index (χ4n) is 2.60. The van der Waals surface area contributed by atoms with Crippen LogP contribution in [0.25, 0.3) is 0 Å². The van der Waals surface area contributed by atoms with E-state index in [-0.39, 0.29) is 17.8 Å². The lowest BCUT2D eigenvalue weighted by Crippen LogP contribution is -2.27. The van der Waals surface area contributed by atoms with Gasteiger partial charge in [-0.3, -0.25) is 9.52 Å². The smallest absolute Gasteiger partial charge is 0.241 e. The van der Waals surface area contributed by atoms with Gasteiger partial charge in [0, 0.05) is 11.8 Å². The van der Waals surface area contributed by atoms with Gasteiger partial charge in [-0.25, -0.2) is 17.8 Å². The Hall–Kier alpha value is -3.66. The van der Waals surface area contributed by atoms with E-state index in [0.29, 0.717) is 22.9 Å². The molecule has 0 atom stereocenters. The number of carbonyl (C=O) groups is 1. The van der Waals surface area contributed by atoms with Crippen molar-refractivity contribution >= 4 is 27.3 Å². The standard InChI is InChI=1S/C22H22FN3O5S/c1-15(2)30-19-10-5-17(6-11-19)26-32(28,29)14-21(27)25-18-7-12-22(24-13-18)31-20-8-3-16(23)4-9-20/h3-13,15,26H,14H2,1-2H3,(H,25,27). The Kier molecular flexibility index (Phi) is 7.26. The molecule has 2 N–H and O–H groups in total. The zero-order chi connectivity index (χ0) is 23.1. The van der Waals surface area contributed by atoms with Crippen molar-refractivity contribution in [3.05, 3.63) is 72.7 Å². The van der Waals surface area contributed by atoms with Gasteiger partial charge in [0.15, 0.2) is 0 Å².